The van der Waals surface area contributed by atoms with E-state index in [-0.39, 0.29) is 0 Å². The summed E-state index contributed by atoms with van der Waals surface area (Å²) in [5.41, 5.74) is 3.44. The van der Waals surface area contributed by atoms with Crippen LogP contribution in [0.15, 0.2) is 24.4 Å². The molecule has 80 valence electrons. The lowest BCUT2D eigenvalue weighted by Gasteiger charge is -2.05. The van der Waals surface area contributed by atoms with Crippen LogP contribution in [0, 0.1) is 25.2 Å². The second-order valence-electron chi connectivity index (χ2n) is 3.71. The van der Waals surface area contributed by atoms with E-state index in [0.29, 0.717) is 12.2 Å². The van der Waals surface area contributed by atoms with E-state index in [9.17, 15) is 0 Å². The van der Waals surface area contributed by atoms with E-state index >= 15 is 0 Å². The predicted molar refractivity (Wildman–Crippen MR) is 59.8 cm³/mol. The van der Waals surface area contributed by atoms with Crippen LogP contribution in [-0.2, 0) is 6.54 Å². The molecule has 2 heterocycles. The van der Waals surface area contributed by atoms with Gasteiger partial charge in [0.25, 0.3) is 0 Å². The zero-order chi connectivity index (χ0) is 11.5. The summed E-state index contributed by atoms with van der Waals surface area (Å²) in [6.45, 7) is 4.55. The first-order valence-electron chi connectivity index (χ1n) is 5.06. The number of aryl methyl sites for hydroxylation is 2. The second-order valence-corrected chi connectivity index (χ2v) is 3.71. The van der Waals surface area contributed by atoms with Crippen molar-refractivity contribution in [1.82, 2.24) is 14.8 Å². The van der Waals surface area contributed by atoms with Crippen LogP contribution in [0.1, 0.15) is 22.6 Å². The van der Waals surface area contributed by atoms with Gasteiger partial charge in [-0.05, 0) is 26.0 Å². The summed E-state index contributed by atoms with van der Waals surface area (Å²) in [7, 11) is 0. The van der Waals surface area contributed by atoms with E-state index in [1.165, 1.54) is 0 Å². The number of hydrogen-bond donors (Lipinski definition) is 0. The highest BCUT2D eigenvalue weighted by Crippen LogP contribution is 2.09. The Labute approximate surface area is 94.2 Å². The molecule has 2 aromatic rings. The Morgan fingerprint density at radius 2 is 2.25 bits per heavy atom. The fourth-order valence-electron chi connectivity index (χ4n) is 1.66. The van der Waals surface area contributed by atoms with Crippen LogP contribution in [0.5, 0.6) is 0 Å². The van der Waals surface area contributed by atoms with Crippen molar-refractivity contribution in [3.05, 3.63) is 47.0 Å². The summed E-state index contributed by atoms with van der Waals surface area (Å²) in [6, 6.07) is 7.85. The summed E-state index contributed by atoms with van der Waals surface area (Å²) in [5, 5.41) is 13.3. The first-order valence-corrected chi connectivity index (χ1v) is 5.06. The Balaban J connectivity index is 2.34. The Hall–Kier alpha value is -2.15. The number of nitrogens with zero attached hydrogens (tertiary/aromatic N) is 4. The molecule has 2 rings (SSSR count). The molecule has 0 bridgehead atoms. The molecule has 0 saturated carbocycles. The topological polar surface area (TPSA) is 54.5 Å². The predicted octanol–water partition coefficient (Wildman–Crippen LogP) is 1.81. The number of pyridine rings is 1. The molecule has 2 aromatic heterocycles. The molecule has 4 heteroatoms. The molecule has 16 heavy (non-hydrogen) atoms. The summed E-state index contributed by atoms with van der Waals surface area (Å²) < 4.78 is 1.88. The molecular formula is C12H12N4. The molecule has 0 N–H and O–H groups in total. The lowest BCUT2D eigenvalue weighted by Crippen LogP contribution is -2.06. The minimum atomic E-state index is 0.468. The monoisotopic (exact) mass is 212 g/mol. The van der Waals surface area contributed by atoms with Gasteiger partial charge >= 0.3 is 0 Å². The van der Waals surface area contributed by atoms with Gasteiger partial charge in [0.1, 0.15) is 11.8 Å². The average molecular weight is 212 g/mol. The highest BCUT2D eigenvalue weighted by molar-refractivity contribution is 5.30. The Kier molecular flexibility index (Phi) is 2.69. The maximum Gasteiger partial charge on any atom is 0.145 e. The summed E-state index contributed by atoms with van der Waals surface area (Å²) in [4.78, 5) is 4.03. The van der Waals surface area contributed by atoms with Crippen molar-refractivity contribution in [3.63, 3.8) is 0 Å². The van der Waals surface area contributed by atoms with Gasteiger partial charge in [-0.1, -0.05) is 6.07 Å². The van der Waals surface area contributed by atoms with Crippen LogP contribution in [0.3, 0.4) is 0 Å². The van der Waals surface area contributed by atoms with Crippen molar-refractivity contribution in [2.24, 2.45) is 0 Å². The molecule has 0 aliphatic heterocycles. The molecule has 0 amide bonds. The average Bonchev–Trinajstić information content (AvgIpc) is 2.58. The van der Waals surface area contributed by atoms with Crippen molar-refractivity contribution in [3.8, 4) is 6.07 Å². The van der Waals surface area contributed by atoms with Gasteiger partial charge in [0, 0.05) is 17.5 Å². The van der Waals surface area contributed by atoms with Gasteiger partial charge in [-0.2, -0.15) is 10.4 Å². The Morgan fingerprint density at radius 3 is 2.88 bits per heavy atom. The summed E-state index contributed by atoms with van der Waals surface area (Å²) in [6.07, 6.45) is 1.63. The number of aromatic nitrogens is 3. The molecule has 0 fully saturated rings. The fraction of sp³-hybridized carbons (Fsp3) is 0.250. The summed E-state index contributed by atoms with van der Waals surface area (Å²) >= 11 is 0. The van der Waals surface area contributed by atoms with E-state index in [1.54, 1.807) is 6.20 Å². The van der Waals surface area contributed by atoms with Crippen molar-refractivity contribution in [1.29, 1.82) is 5.26 Å². The van der Waals surface area contributed by atoms with Crippen molar-refractivity contribution in [2.45, 2.75) is 20.4 Å². The molecule has 0 aromatic carbocycles. The lowest BCUT2D eigenvalue weighted by molar-refractivity contribution is 0.656. The molecule has 0 spiro atoms. The first-order chi connectivity index (χ1) is 7.70. The van der Waals surface area contributed by atoms with E-state index in [2.05, 4.69) is 16.2 Å². The number of nitriles is 1. The van der Waals surface area contributed by atoms with Crippen molar-refractivity contribution in [2.75, 3.05) is 0 Å². The molecular weight excluding hydrogens is 200 g/mol. The summed E-state index contributed by atoms with van der Waals surface area (Å²) in [5.74, 6) is 0. The number of rotatable bonds is 2. The fourth-order valence-corrected chi connectivity index (χ4v) is 1.66. The highest BCUT2D eigenvalue weighted by atomic mass is 15.3. The largest absolute Gasteiger partial charge is 0.265 e. The molecule has 0 radical (unpaired) electrons. The standard InChI is InChI=1S/C12H12N4/c1-9-6-10(2)16(15-9)8-11-4-3-5-14-12(11)7-13/h3-6H,8H2,1-2H3. The van der Waals surface area contributed by atoms with E-state index in [1.807, 2.05) is 36.7 Å². The van der Waals surface area contributed by atoms with Crippen molar-refractivity contribution < 1.29 is 0 Å². The van der Waals surface area contributed by atoms with Crippen LogP contribution < -0.4 is 0 Å². The SMILES string of the molecule is Cc1cc(C)n(Cc2cccnc2C#N)n1. The van der Waals surface area contributed by atoms with Gasteiger partial charge in [0.2, 0.25) is 0 Å². The Morgan fingerprint density at radius 1 is 1.44 bits per heavy atom. The van der Waals surface area contributed by atoms with E-state index in [4.69, 9.17) is 5.26 Å². The van der Waals surface area contributed by atoms with Gasteiger partial charge in [-0.25, -0.2) is 4.98 Å². The highest BCUT2D eigenvalue weighted by Gasteiger charge is 2.06. The maximum atomic E-state index is 8.93. The zero-order valence-electron chi connectivity index (χ0n) is 9.31. The molecule has 0 atom stereocenters. The third-order valence-electron chi connectivity index (χ3n) is 2.42. The van der Waals surface area contributed by atoms with E-state index in [0.717, 1.165) is 17.0 Å². The Bertz CT molecular complexity index is 548. The van der Waals surface area contributed by atoms with Gasteiger partial charge in [-0.15, -0.1) is 0 Å². The van der Waals surface area contributed by atoms with E-state index < -0.39 is 0 Å². The van der Waals surface area contributed by atoms with Crippen LogP contribution in [0.4, 0.5) is 0 Å². The van der Waals surface area contributed by atoms with Crippen LogP contribution >= 0.6 is 0 Å². The van der Waals surface area contributed by atoms with Gasteiger partial charge in [0.05, 0.1) is 12.2 Å². The van der Waals surface area contributed by atoms with Gasteiger partial charge < -0.3 is 0 Å². The number of hydrogen-bond acceptors (Lipinski definition) is 3. The maximum absolute atomic E-state index is 8.93. The first kappa shape index (κ1) is 10.4. The zero-order valence-corrected chi connectivity index (χ0v) is 9.31. The van der Waals surface area contributed by atoms with Crippen LogP contribution in [0.2, 0.25) is 0 Å². The minimum Gasteiger partial charge on any atom is -0.265 e. The second kappa shape index (κ2) is 4.15. The molecule has 0 aliphatic carbocycles. The quantitative estimate of drug-likeness (QED) is 0.762. The van der Waals surface area contributed by atoms with Crippen LogP contribution in [0.25, 0.3) is 0 Å². The van der Waals surface area contributed by atoms with Crippen LogP contribution in [-0.4, -0.2) is 14.8 Å². The molecule has 0 unspecified atom stereocenters. The molecule has 0 aliphatic rings. The normalized spacial score (nSPS) is 10.1. The molecule has 0 saturated heterocycles. The lowest BCUT2D eigenvalue weighted by atomic mass is 10.2. The van der Waals surface area contributed by atoms with Gasteiger partial charge in [-0.3, -0.25) is 4.68 Å². The minimum absolute atomic E-state index is 0.468. The third-order valence-corrected chi connectivity index (χ3v) is 2.42. The van der Waals surface area contributed by atoms with Gasteiger partial charge in [0.15, 0.2) is 0 Å². The molecule has 4 nitrogen and oxygen atoms in total. The van der Waals surface area contributed by atoms with Crippen molar-refractivity contribution >= 4 is 0 Å². The third kappa shape index (κ3) is 1.94. The smallest absolute Gasteiger partial charge is 0.145 e.